The van der Waals surface area contributed by atoms with Crippen molar-refractivity contribution in [1.29, 1.82) is 0 Å². The lowest BCUT2D eigenvalue weighted by Crippen LogP contribution is -1.96. The molecule has 0 aromatic heterocycles. The quantitative estimate of drug-likeness (QED) is 0.333. The molecule has 1 rings (SSSR count). The molecule has 0 fully saturated rings. The molecule has 5 heteroatoms. The summed E-state index contributed by atoms with van der Waals surface area (Å²) >= 11 is 0. The average molecular weight is 204 g/mol. The van der Waals surface area contributed by atoms with Gasteiger partial charge in [0.25, 0.3) is 5.69 Å². The lowest BCUT2D eigenvalue weighted by atomic mass is 10.1. The molecule has 0 aliphatic heterocycles. The molecule has 0 atom stereocenters. The fraction of sp³-hybridized carbons (Fsp3) is 0.100. The molecule has 0 heterocycles. The van der Waals surface area contributed by atoms with Gasteiger partial charge < -0.3 is 5.73 Å². The van der Waals surface area contributed by atoms with Gasteiger partial charge in [0.1, 0.15) is 0 Å². The van der Waals surface area contributed by atoms with Gasteiger partial charge >= 0.3 is 0 Å². The Morgan fingerprint density at radius 1 is 1.53 bits per heavy atom. The summed E-state index contributed by atoms with van der Waals surface area (Å²) in [6.45, 7) is 0.184. The highest BCUT2D eigenvalue weighted by molar-refractivity contribution is 5.81. The summed E-state index contributed by atoms with van der Waals surface area (Å²) in [5.41, 5.74) is 5.44. The third kappa shape index (κ3) is 2.62. The van der Waals surface area contributed by atoms with Crippen LogP contribution in [-0.4, -0.2) is 17.8 Å². The second-order valence-electron chi connectivity index (χ2n) is 2.65. The van der Waals surface area contributed by atoms with Crippen LogP contribution in [0.25, 0.3) is 0 Å². The van der Waals surface area contributed by atoms with Crippen LogP contribution in [-0.2, 0) is 0 Å². The number of rotatable bonds is 2. The summed E-state index contributed by atoms with van der Waals surface area (Å²) in [5, 5.41) is 10.6. The van der Waals surface area contributed by atoms with Crippen molar-refractivity contribution in [2.75, 3.05) is 6.54 Å². The van der Waals surface area contributed by atoms with Gasteiger partial charge in [0.2, 0.25) is 0 Å². The highest BCUT2D eigenvalue weighted by Crippen LogP contribution is 2.17. The topological polar surface area (TPSA) is 86.2 Å². The predicted molar refractivity (Wildman–Crippen MR) is 54.4 cm³/mol. The number of benzene rings is 1. The zero-order valence-corrected chi connectivity index (χ0v) is 7.77. The van der Waals surface area contributed by atoms with Crippen molar-refractivity contribution in [2.45, 2.75) is 0 Å². The number of hydrogen-bond donors (Lipinski definition) is 1. The summed E-state index contributed by atoms with van der Waals surface area (Å²) in [5.74, 6) is 5.23. The van der Waals surface area contributed by atoms with Gasteiger partial charge in [0.15, 0.2) is 6.29 Å². The first-order valence-corrected chi connectivity index (χ1v) is 4.11. The number of nitro benzene ring substituents is 1. The molecule has 0 radical (unpaired) electrons. The Labute approximate surface area is 86.0 Å². The molecule has 5 nitrogen and oxygen atoms in total. The van der Waals surface area contributed by atoms with E-state index in [2.05, 4.69) is 11.8 Å². The van der Waals surface area contributed by atoms with Crippen molar-refractivity contribution in [3.8, 4) is 11.8 Å². The summed E-state index contributed by atoms with van der Waals surface area (Å²) in [6, 6.07) is 4.16. The third-order valence-corrected chi connectivity index (χ3v) is 1.69. The Morgan fingerprint density at radius 2 is 2.27 bits per heavy atom. The van der Waals surface area contributed by atoms with Gasteiger partial charge in [-0.25, -0.2) is 0 Å². The molecule has 76 valence electrons. The zero-order chi connectivity index (χ0) is 11.3. The van der Waals surface area contributed by atoms with E-state index >= 15 is 0 Å². The van der Waals surface area contributed by atoms with Crippen LogP contribution in [0.5, 0.6) is 0 Å². The summed E-state index contributed by atoms with van der Waals surface area (Å²) in [7, 11) is 0. The Morgan fingerprint density at radius 3 is 2.80 bits per heavy atom. The van der Waals surface area contributed by atoms with Gasteiger partial charge in [-0.3, -0.25) is 14.9 Å². The monoisotopic (exact) mass is 204 g/mol. The highest BCUT2D eigenvalue weighted by atomic mass is 16.6. The fourth-order valence-electron chi connectivity index (χ4n) is 1.03. The van der Waals surface area contributed by atoms with E-state index in [1.54, 1.807) is 6.07 Å². The van der Waals surface area contributed by atoms with E-state index in [4.69, 9.17) is 5.73 Å². The van der Waals surface area contributed by atoms with Crippen LogP contribution in [0.2, 0.25) is 0 Å². The van der Waals surface area contributed by atoms with E-state index in [1.165, 1.54) is 12.1 Å². The number of carbonyl (C=O) groups excluding carboxylic acids is 1. The molecule has 0 bridgehead atoms. The molecule has 0 aliphatic carbocycles. The molecule has 0 amide bonds. The molecule has 15 heavy (non-hydrogen) atoms. The summed E-state index contributed by atoms with van der Waals surface area (Å²) in [4.78, 5) is 20.5. The molecule has 0 spiro atoms. The van der Waals surface area contributed by atoms with Crippen LogP contribution in [0.3, 0.4) is 0 Å². The van der Waals surface area contributed by atoms with Gasteiger partial charge in [0.05, 0.1) is 17.0 Å². The molecule has 0 unspecified atom stereocenters. The SMILES string of the molecule is NCC#Cc1ccc(C=O)c([N+](=O)[O-])c1. The Bertz CT molecular complexity index is 457. The van der Waals surface area contributed by atoms with Crippen molar-refractivity contribution in [3.05, 3.63) is 39.4 Å². The standard InChI is InChI=1S/C10H8N2O3/c11-5-1-2-8-3-4-9(7-13)10(6-8)12(14)15/h3-4,6-7H,5,11H2. The molecule has 2 N–H and O–H groups in total. The second-order valence-corrected chi connectivity index (χ2v) is 2.65. The van der Waals surface area contributed by atoms with Gasteiger partial charge in [-0.1, -0.05) is 11.8 Å². The van der Waals surface area contributed by atoms with Crippen molar-refractivity contribution < 1.29 is 9.72 Å². The maximum Gasteiger partial charge on any atom is 0.281 e. The predicted octanol–water partition coefficient (Wildman–Crippen LogP) is 0.718. The molecular formula is C10H8N2O3. The third-order valence-electron chi connectivity index (χ3n) is 1.69. The van der Waals surface area contributed by atoms with Crippen LogP contribution < -0.4 is 5.73 Å². The molecule has 0 aliphatic rings. The first kappa shape index (κ1) is 10.9. The highest BCUT2D eigenvalue weighted by Gasteiger charge is 2.12. The molecule has 1 aromatic carbocycles. The van der Waals surface area contributed by atoms with E-state index < -0.39 is 4.92 Å². The number of aldehydes is 1. The minimum absolute atomic E-state index is 0.0401. The van der Waals surface area contributed by atoms with Crippen LogP contribution in [0.4, 0.5) is 5.69 Å². The number of nitro groups is 1. The second kappa shape index (κ2) is 4.88. The van der Waals surface area contributed by atoms with Crippen molar-refractivity contribution in [3.63, 3.8) is 0 Å². The number of carbonyl (C=O) groups is 1. The van der Waals surface area contributed by atoms with Gasteiger partial charge in [-0.05, 0) is 12.1 Å². The largest absolute Gasteiger partial charge is 0.320 e. The first-order valence-electron chi connectivity index (χ1n) is 4.11. The minimum Gasteiger partial charge on any atom is -0.320 e. The van der Waals surface area contributed by atoms with E-state index in [1.807, 2.05) is 0 Å². The van der Waals surface area contributed by atoms with Gasteiger partial charge in [-0.2, -0.15) is 0 Å². The summed E-state index contributed by atoms with van der Waals surface area (Å²) < 4.78 is 0. The number of hydrogen-bond acceptors (Lipinski definition) is 4. The summed E-state index contributed by atoms with van der Waals surface area (Å²) in [6.07, 6.45) is 0.443. The van der Waals surface area contributed by atoms with Crippen molar-refractivity contribution >= 4 is 12.0 Å². The zero-order valence-electron chi connectivity index (χ0n) is 7.77. The molecular weight excluding hydrogens is 196 g/mol. The van der Waals surface area contributed by atoms with Crippen LogP contribution in [0.15, 0.2) is 18.2 Å². The molecule has 1 aromatic rings. The van der Waals surface area contributed by atoms with Crippen LogP contribution in [0.1, 0.15) is 15.9 Å². The molecule has 0 saturated carbocycles. The van der Waals surface area contributed by atoms with E-state index in [0.29, 0.717) is 11.8 Å². The Hall–Kier alpha value is -2.19. The van der Waals surface area contributed by atoms with Crippen molar-refractivity contribution in [1.82, 2.24) is 0 Å². The van der Waals surface area contributed by atoms with E-state index in [9.17, 15) is 14.9 Å². The average Bonchev–Trinajstić information content (AvgIpc) is 2.25. The first-order chi connectivity index (χ1) is 7.19. The lowest BCUT2D eigenvalue weighted by Gasteiger charge is -1.95. The van der Waals surface area contributed by atoms with Gasteiger partial charge in [-0.15, -0.1) is 0 Å². The maximum atomic E-state index is 10.6. The lowest BCUT2D eigenvalue weighted by molar-refractivity contribution is -0.385. The Balaban J connectivity index is 3.21. The minimum atomic E-state index is -0.614. The van der Waals surface area contributed by atoms with Crippen LogP contribution in [0, 0.1) is 22.0 Å². The smallest absolute Gasteiger partial charge is 0.281 e. The molecule has 0 saturated heterocycles. The van der Waals surface area contributed by atoms with Gasteiger partial charge in [0, 0.05) is 11.6 Å². The Kier molecular flexibility index (Phi) is 3.55. The normalized spacial score (nSPS) is 8.87. The maximum absolute atomic E-state index is 10.6. The number of nitrogens with two attached hydrogens (primary N) is 1. The number of nitrogens with zero attached hydrogens (tertiary/aromatic N) is 1. The van der Waals surface area contributed by atoms with E-state index in [-0.39, 0.29) is 17.8 Å². The fourth-order valence-corrected chi connectivity index (χ4v) is 1.03. The van der Waals surface area contributed by atoms with Crippen LogP contribution >= 0.6 is 0 Å². The van der Waals surface area contributed by atoms with E-state index in [0.717, 1.165) is 0 Å². The van der Waals surface area contributed by atoms with Crippen molar-refractivity contribution in [2.24, 2.45) is 5.73 Å².